The van der Waals surface area contributed by atoms with Gasteiger partial charge in [0.25, 0.3) is 5.56 Å². The van der Waals surface area contributed by atoms with Gasteiger partial charge in [-0.05, 0) is 32.8 Å². The largest absolute Gasteiger partial charge is 0.324 e. The van der Waals surface area contributed by atoms with Gasteiger partial charge in [-0.2, -0.15) is 0 Å². The molecule has 0 aliphatic heterocycles. The average Bonchev–Trinajstić information content (AvgIpc) is 2.30. The highest BCUT2D eigenvalue weighted by Gasteiger charge is 2.19. The van der Waals surface area contributed by atoms with Gasteiger partial charge in [-0.15, -0.1) is 0 Å². The molecule has 1 heterocycles. The fraction of sp³-hybridized carbons (Fsp3) is 0.643. The zero-order valence-corrected chi connectivity index (χ0v) is 10.8. The number of hydrogen-bond acceptors (Lipinski definition) is 2. The Balaban J connectivity index is 2.44. The van der Waals surface area contributed by atoms with Crippen molar-refractivity contribution < 1.29 is 0 Å². The molecule has 17 heavy (non-hydrogen) atoms. The molecular weight excluding hydrogens is 212 g/mol. The van der Waals surface area contributed by atoms with Crippen LogP contribution in [0.15, 0.2) is 16.9 Å². The van der Waals surface area contributed by atoms with Crippen molar-refractivity contribution in [3.8, 4) is 0 Å². The highest BCUT2D eigenvalue weighted by Crippen LogP contribution is 2.28. The van der Waals surface area contributed by atoms with E-state index in [9.17, 15) is 4.79 Å². The van der Waals surface area contributed by atoms with Crippen molar-refractivity contribution in [2.45, 2.75) is 58.0 Å². The molecule has 1 atom stereocenters. The van der Waals surface area contributed by atoms with Gasteiger partial charge in [-0.25, -0.2) is 0 Å². The Morgan fingerprint density at radius 2 is 1.94 bits per heavy atom. The van der Waals surface area contributed by atoms with Crippen LogP contribution in [0.2, 0.25) is 0 Å². The summed E-state index contributed by atoms with van der Waals surface area (Å²) in [5.41, 5.74) is 7.77. The van der Waals surface area contributed by atoms with Crippen LogP contribution in [-0.2, 0) is 0 Å². The van der Waals surface area contributed by atoms with Crippen molar-refractivity contribution in [1.29, 1.82) is 0 Å². The standard InChI is InChI=1S/C14H22N2O/c1-10-8-9-13(11(2)15)14(17)16(10)12-6-4-3-5-7-12/h8-9,11-12H,3-7,15H2,1-2H3. The molecule has 0 aromatic carbocycles. The highest BCUT2D eigenvalue weighted by molar-refractivity contribution is 5.19. The zero-order chi connectivity index (χ0) is 12.4. The maximum Gasteiger partial charge on any atom is 0.255 e. The Hall–Kier alpha value is -1.09. The number of rotatable bonds is 2. The molecule has 1 aliphatic rings. The fourth-order valence-electron chi connectivity index (χ4n) is 2.80. The lowest BCUT2D eigenvalue weighted by Gasteiger charge is -2.26. The Bertz CT molecular complexity index is 442. The average molecular weight is 234 g/mol. The van der Waals surface area contributed by atoms with E-state index in [2.05, 4.69) is 0 Å². The third kappa shape index (κ3) is 2.44. The second kappa shape index (κ2) is 5.05. The van der Waals surface area contributed by atoms with Gasteiger partial charge in [0, 0.05) is 23.3 Å². The molecule has 0 saturated heterocycles. The summed E-state index contributed by atoms with van der Waals surface area (Å²) in [5, 5.41) is 0. The van der Waals surface area contributed by atoms with Crippen LogP contribution in [-0.4, -0.2) is 4.57 Å². The van der Waals surface area contributed by atoms with Gasteiger partial charge < -0.3 is 10.3 Å². The third-order valence-corrected chi connectivity index (χ3v) is 3.78. The van der Waals surface area contributed by atoms with E-state index in [0.717, 1.165) is 24.1 Å². The molecule has 1 aliphatic carbocycles. The van der Waals surface area contributed by atoms with Crippen LogP contribution in [0.1, 0.15) is 62.4 Å². The first kappa shape index (κ1) is 12.4. The van der Waals surface area contributed by atoms with Crippen LogP contribution in [0.5, 0.6) is 0 Å². The first-order valence-electron chi connectivity index (χ1n) is 6.59. The zero-order valence-electron chi connectivity index (χ0n) is 10.8. The molecular formula is C14H22N2O. The van der Waals surface area contributed by atoms with Crippen LogP contribution in [0.3, 0.4) is 0 Å². The molecule has 0 bridgehead atoms. The van der Waals surface area contributed by atoms with Crippen molar-refractivity contribution in [1.82, 2.24) is 4.57 Å². The molecule has 1 aromatic heterocycles. The lowest BCUT2D eigenvalue weighted by Crippen LogP contribution is -2.32. The first-order chi connectivity index (χ1) is 8.11. The molecule has 2 N–H and O–H groups in total. The van der Waals surface area contributed by atoms with Gasteiger partial charge >= 0.3 is 0 Å². The number of hydrogen-bond donors (Lipinski definition) is 1. The summed E-state index contributed by atoms with van der Waals surface area (Å²) >= 11 is 0. The predicted molar refractivity (Wildman–Crippen MR) is 70.2 cm³/mol. The van der Waals surface area contributed by atoms with Crippen LogP contribution < -0.4 is 11.3 Å². The molecule has 1 saturated carbocycles. The number of aryl methyl sites for hydroxylation is 1. The third-order valence-electron chi connectivity index (χ3n) is 3.78. The monoisotopic (exact) mass is 234 g/mol. The Kier molecular flexibility index (Phi) is 3.67. The molecule has 1 unspecified atom stereocenters. The van der Waals surface area contributed by atoms with Crippen LogP contribution in [0.4, 0.5) is 0 Å². The van der Waals surface area contributed by atoms with E-state index in [0.29, 0.717) is 6.04 Å². The first-order valence-corrected chi connectivity index (χ1v) is 6.59. The normalized spacial score (nSPS) is 19.2. The quantitative estimate of drug-likeness (QED) is 0.855. The summed E-state index contributed by atoms with van der Waals surface area (Å²) in [7, 11) is 0. The second-order valence-electron chi connectivity index (χ2n) is 5.19. The summed E-state index contributed by atoms with van der Waals surface area (Å²) in [6, 6.07) is 4.10. The minimum atomic E-state index is -0.182. The van der Waals surface area contributed by atoms with E-state index in [-0.39, 0.29) is 11.6 Å². The van der Waals surface area contributed by atoms with E-state index in [1.165, 1.54) is 19.3 Å². The molecule has 0 radical (unpaired) electrons. The van der Waals surface area contributed by atoms with E-state index >= 15 is 0 Å². The summed E-state index contributed by atoms with van der Waals surface area (Å²) in [5.74, 6) is 0. The summed E-state index contributed by atoms with van der Waals surface area (Å²) in [4.78, 5) is 12.4. The molecule has 3 nitrogen and oxygen atoms in total. The van der Waals surface area contributed by atoms with E-state index < -0.39 is 0 Å². The Morgan fingerprint density at radius 1 is 1.29 bits per heavy atom. The topological polar surface area (TPSA) is 48.0 Å². The van der Waals surface area contributed by atoms with Crippen molar-refractivity contribution >= 4 is 0 Å². The van der Waals surface area contributed by atoms with Crippen LogP contribution in [0, 0.1) is 6.92 Å². The highest BCUT2D eigenvalue weighted by atomic mass is 16.1. The van der Waals surface area contributed by atoms with Crippen LogP contribution in [0.25, 0.3) is 0 Å². The van der Waals surface area contributed by atoms with Gasteiger partial charge in [-0.1, -0.05) is 25.3 Å². The van der Waals surface area contributed by atoms with E-state index in [4.69, 9.17) is 5.73 Å². The molecule has 0 spiro atoms. The van der Waals surface area contributed by atoms with E-state index in [1.807, 2.05) is 30.5 Å². The lowest BCUT2D eigenvalue weighted by molar-refractivity contribution is 0.340. The minimum absolute atomic E-state index is 0.118. The maximum atomic E-state index is 12.4. The molecule has 0 amide bonds. The molecule has 3 heteroatoms. The Morgan fingerprint density at radius 3 is 2.53 bits per heavy atom. The van der Waals surface area contributed by atoms with Crippen molar-refractivity contribution in [3.63, 3.8) is 0 Å². The van der Waals surface area contributed by atoms with Gasteiger partial charge in [0.05, 0.1) is 0 Å². The van der Waals surface area contributed by atoms with Gasteiger partial charge in [-0.3, -0.25) is 4.79 Å². The Labute approximate surface area is 103 Å². The molecule has 1 aromatic rings. The molecule has 94 valence electrons. The predicted octanol–water partition coefficient (Wildman–Crippen LogP) is 2.68. The van der Waals surface area contributed by atoms with Gasteiger partial charge in [0.1, 0.15) is 0 Å². The number of aromatic nitrogens is 1. The fourth-order valence-corrected chi connectivity index (χ4v) is 2.80. The van der Waals surface area contributed by atoms with Crippen molar-refractivity contribution in [2.24, 2.45) is 5.73 Å². The summed E-state index contributed by atoms with van der Waals surface area (Å²) in [6.45, 7) is 3.89. The summed E-state index contributed by atoms with van der Waals surface area (Å²) in [6.07, 6.45) is 6.03. The molecule has 1 fully saturated rings. The maximum absolute atomic E-state index is 12.4. The van der Waals surface area contributed by atoms with Gasteiger partial charge in [0.2, 0.25) is 0 Å². The summed E-state index contributed by atoms with van der Waals surface area (Å²) < 4.78 is 1.97. The minimum Gasteiger partial charge on any atom is -0.324 e. The van der Waals surface area contributed by atoms with Crippen molar-refractivity contribution in [3.05, 3.63) is 33.7 Å². The number of pyridine rings is 1. The van der Waals surface area contributed by atoms with Gasteiger partial charge in [0.15, 0.2) is 0 Å². The second-order valence-corrected chi connectivity index (χ2v) is 5.19. The van der Waals surface area contributed by atoms with Crippen molar-refractivity contribution in [2.75, 3.05) is 0 Å². The number of nitrogens with zero attached hydrogens (tertiary/aromatic N) is 1. The number of nitrogens with two attached hydrogens (primary N) is 1. The van der Waals surface area contributed by atoms with E-state index in [1.54, 1.807) is 0 Å². The lowest BCUT2D eigenvalue weighted by atomic mass is 9.94. The molecule has 2 rings (SSSR count). The smallest absolute Gasteiger partial charge is 0.255 e. The SMILES string of the molecule is Cc1ccc(C(C)N)c(=O)n1C1CCCCC1. The van der Waals surface area contributed by atoms with Crippen LogP contribution >= 0.6 is 0 Å².